The molecule has 0 aliphatic carbocycles. The van der Waals surface area contributed by atoms with Crippen molar-refractivity contribution in [3.05, 3.63) is 66.2 Å². The molecule has 0 atom stereocenters. The minimum atomic E-state index is -0.408. The van der Waals surface area contributed by atoms with Gasteiger partial charge >= 0.3 is 5.97 Å². The third-order valence-electron chi connectivity index (χ3n) is 3.48. The average molecular weight is 323 g/mol. The highest BCUT2D eigenvalue weighted by atomic mass is 16.5. The van der Waals surface area contributed by atoms with Crippen LogP contribution in [0.4, 0.5) is 0 Å². The van der Waals surface area contributed by atoms with Gasteiger partial charge in [0, 0.05) is 13.1 Å². The Labute approximate surface area is 142 Å². The molecule has 1 amide bonds. The third-order valence-corrected chi connectivity index (χ3v) is 3.48. The van der Waals surface area contributed by atoms with Crippen LogP contribution in [0.25, 0.3) is 17.2 Å². The van der Waals surface area contributed by atoms with E-state index in [1.165, 1.54) is 11.0 Å². The number of esters is 1. The van der Waals surface area contributed by atoms with Crippen LogP contribution < -0.4 is 0 Å². The van der Waals surface area contributed by atoms with Gasteiger partial charge < -0.3 is 9.64 Å². The van der Waals surface area contributed by atoms with Gasteiger partial charge in [0.2, 0.25) is 5.91 Å². The van der Waals surface area contributed by atoms with E-state index in [9.17, 15) is 9.59 Å². The van der Waals surface area contributed by atoms with Gasteiger partial charge in [0.15, 0.2) is 0 Å². The van der Waals surface area contributed by atoms with E-state index in [0.29, 0.717) is 6.61 Å². The van der Waals surface area contributed by atoms with Crippen molar-refractivity contribution in [2.75, 3.05) is 20.2 Å². The van der Waals surface area contributed by atoms with Gasteiger partial charge in [-0.1, -0.05) is 54.6 Å². The van der Waals surface area contributed by atoms with Crippen LogP contribution in [0.15, 0.2) is 60.7 Å². The van der Waals surface area contributed by atoms with Gasteiger partial charge in [0.25, 0.3) is 0 Å². The highest BCUT2D eigenvalue weighted by Crippen LogP contribution is 2.19. The number of benzene rings is 2. The number of rotatable bonds is 6. The molecule has 0 heterocycles. The maximum Gasteiger partial charge on any atom is 0.325 e. The van der Waals surface area contributed by atoms with E-state index in [1.807, 2.05) is 42.5 Å². The number of carbonyl (C=O) groups is 2. The maximum atomic E-state index is 12.0. The molecule has 24 heavy (non-hydrogen) atoms. The molecule has 0 fully saturated rings. The Balaban J connectivity index is 1.96. The number of carbonyl (C=O) groups excluding carboxylic acids is 2. The molecule has 0 unspecified atom stereocenters. The summed E-state index contributed by atoms with van der Waals surface area (Å²) in [6.45, 7) is 1.99. The Morgan fingerprint density at radius 2 is 1.62 bits per heavy atom. The van der Waals surface area contributed by atoms with Crippen molar-refractivity contribution in [2.24, 2.45) is 0 Å². The van der Waals surface area contributed by atoms with Crippen LogP contribution >= 0.6 is 0 Å². The number of likely N-dealkylation sites (N-methyl/N-ethyl adjacent to an activating group) is 1. The quantitative estimate of drug-likeness (QED) is 0.605. The standard InChI is InChI=1S/C20H21NO3/c1-3-24-20(23)15-21(2)19(22)14-11-16-9-12-18(13-10-16)17-7-5-4-6-8-17/h4-14H,3,15H2,1-2H3/b14-11+. The summed E-state index contributed by atoms with van der Waals surface area (Å²) in [7, 11) is 1.57. The third kappa shape index (κ3) is 5.09. The van der Waals surface area contributed by atoms with Crippen molar-refractivity contribution >= 4 is 18.0 Å². The topological polar surface area (TPSA) is 46.6 Å². The highest BCUT2D eigenvalue weighted by molar-refractivity contribution is 5.93. The minimum Gasteiger partial charge on any atom is -0.465 e. The molecule has 0 saturated heterocycles. The molecule has 2 aromatic carbocycles. The van der Waals surface area contributed by atoms with Crippen LogP contribution in [0.1, 0.15) is 12.5 Å². The van der Waals surface area contributed by atoms with Crippen LogP contribution in [0.2, 0.25) is 0 Å². The van der Waals surface area contributed by atoms with Crippen molar-refractivity contribution in [1.82, 2.24) is 4.90 Å². The molecule has 0 radical (unpaired) electrons. The predicted octanol–water partition coefficient (Wildman–Crippen LogP) is 3.39. The van der Waals surface area contributed by atoms with Crippen LogP contribution in [0.3, 0.4) is 0 Å². The molecule has 0 N–H and O–H groups in total. The zero-order chi connectivity index (χ0) is 17.4. The van der Waals surface area contributed by atoms with E-state index in [2.05, 4.69) is 12.1 Å². The van der Waals surface area contributed by atoms with Crippen LogP contribution in [-0.4, -0.2) is 37.0 Å². The number of hydrogen-bond acceptors (Lipinski definition) is 3. The van der Waals surface area contributed by atoms with E-state index in [0.717, 1.165) is 16.7 Å². The molecule has 0 aliphatic rings. The Bertz CT molecular complexity index is 705. The molecule has 0 aromatic heterocycles. The van der Waals surface area contributed by atoms with Gasteiger partial charge in [-0.15, -0.1) is 0 Å². The molecule has 0 spiro atoms. The van der Waals surface area contributed by atoms with E-state index in [4.69, 9.17) is 4.74 Å². The fraction of sp³-hybridized carbons (Fsp3) is 0.200. The minimum absolute atomic E-state index is 0.0516. The lowest BCUT2D eigenvalue weighted by Crippen LogP contribution is -2.31. The fourth-order valence-corrected chi connectivity index (χ4v) is 2.19. The fourth-order valence-electron chi connectivity index (χ4n) is 2.19. The second-order valence-electron chi connectivity index (χ2n) is 5.32. The van der Waals surface area contributed by atoms with Gasteiger partial charge in [-0.2, -0.15) is 0 Å². The smallest absolute Gasteiger partial charge is 0.325 e. The summed E-state index contributed by atoms with van der Waals surface area (Å²) >= 11 is 0. The van der Waals surface area contributed by atoms with Gasteiger partial charge in [0.05, 0.1) is 6.61 Å². The van der Waals surface area contributed by atoms with E-state index in [1.54, 1.807) is 20.0 Å². The molecular formula is C20H21NO3. The number of ether oxygens (including phenoxy) is 1. The average Bonchev–Trinajstić information content (AvgIpc) is 2.61. The van der Waals surface area contributed by atoms with Crippen molar-refractivity contribution in [1.29, 1.82) is 0 Å². The van der Waals surface area contributed by atoms with Crippen molar-refractivity contribution < 1.29 is 14.3 Å². The largest absolute Gasteiger partial charge is 0.465 e. The zero-order valence-corrected chi connectivity index (χ0v) is 13.9. The Hall–Kier alpha value is -2.88. The molecule has 4 nitrogen and oxygen atoms in total. The molecule has 4 heteroatoms. The second-order valence-corrected chi connectivity index (χ2v) is 5.32. The maximum absolute atomic E-state index is 12.0. The van der Waals surface area contributed by atoms with Gasteiger partial charge in [-0.05, 0) is 29.7 Å². The van der Waals surface area contributed by atoms with E-state index in [-0.39, 0.29) is 12.5 Å². The molecule has 124 valence electrons. The number of nitrogens with zero attached hydrogens (tertiary/aromatic N) is 1. The lowest BCUT2D eigenvalue weighted by molar-refractivity contribution is -0.146. The summed E-state index contributed by atoms with van der Waals surface area (Å²) in [5.74, 6) is -0.649. The van der Waals surface area contributed by atoms with Crippen molar-refractivity contribution in [3.8, 4) is 11.1 Å². The van der Waals surface area contributed by atoms with Gasteiger partial charge in [0.1, 0.15) is 6.54 Å². The Morgan fingerprint density at radius 3 is 2.25 bits per heavy atom. The van der Waals surface area contributed by atoms with Crippen molar-refractivity contribution in [2.45, 2.75) is 6.92 Å². The summed E-state index contributed by atoms with van der Waals surface area (Å²) in [6.07, 6.45) is 3.19. The van der Waals surface area contributed by atoms with E-state index >= 15 is 0 Å². The SMILES string of the molecule is CCOC(=O)CN(C)C(=O)/C=C/c1ccc(-c2ccccc2)cc1. The Morgan fingerprint density at radius 1 is 1.00 bits per heavy atom. The van der Waals surface area contributed by atoms with E-state index < -0.39 is 5.97 Å². The monoisotopic (exact) mass is 323 g/mol. The van der Waals surface area contributed by atoms with Crippen LogP contribution in [0, 0.1) is 0 Å². The lowest BCUT2D eigenvalue weighted by Gasteiger charge is -2.13. The van der Waals surface area contributed by atoms with Crippen LogP contribution in [-0.2, 0) is 14.3 Å². The lowest BCUT2D eigenvalue weighted by atomic mass is 10.0. The normalized spacial score (nSPS) is 10.6. The first kappa shape index (κ1) is 17.5. The molecule has 2 rings (SSSR count). The number of hydrogen-bond donors (Lipinski definition) is 0. The zero-order valence-electron chi connectivity index (χ0n) is 13.9. The highest BCUT2D eigenvalue weighted by Gasteiger charge is 2.10. The number of amides is 1. The first-order valence-corrected chi connectivity index (χ1v) is 7.84. The molecule has 0 saturated carbocycles. The first-order chi connectivity index (χ1) is 11.6. The van der Waals surface area contributed by atoms with Gasteiger partial charge in [-0.3, -0.25) is 9.59 Å². The van der Waals surface area contributed by atoms with Crippen molar-refractivity contribution in [3.63, 3.8) is 0 Å². The summed E-state index contributed by atoms with van der Waals surface area (Å²) in [5, 5.41) is 0. The second kappa shape index (κ2) is 8.67. The predicted molar refractivity (Wildman–Crippen MR) is 95.2 cm³/mol. The molecule has 0 bridgehead atoms. The van der Waals surface area contributed by atoms with Gasteiger partial charge in [-0.25, -0.2) is 0 Å². The summed E-state index contributed by atoms with van der Waals surface area (Å²) in [6, 6.07) is 18.0. The summed E-state index contributed by atoms with van der Waals surface area (Å²) in [5.41, 5.74) is 3.20. The first-order valence-electron chi connectivity index (χ1n) is 7.84. The molecular weight excluding hydrogens is 302 g/mol. The molecule has 2 aromatic rings. The van der Waals surface area contributed by atoms with Crippen LogP contribution in [0.5, 0.6) is 0 Å². The molecule has 0 aliphatic heterocycles. The Kier molecular flexibility index (Phi) is 6.32. The summed E-state index contributed by atoms with van der Waals surface area (Å²) < 4.78 is 4.82. The summed E-state index contributed by atoms with van der Waals surface area (Å²) in [4.78, 5) is 24.7.